The van der Waals surface area contributed by atoms with Gasteiger partial charge < -0.3 is 25.6 Å². The quantitative estimate of drug-likeness (QED) is 0.356. The Labute approximate surface area is 169 Å². The van der Waals surface area contributed by atoms with E-state index in [-0.39, 0.29) is 25.4 Å². The molecule has 0 spiro atoms. The number of nitrogens with one attached hydrogen (secondary N) is 3. The molecule has 0 fully saturated rings. The van der Waals surface area contributed by atoms with Crippen LogP contribution in [0.5, 0.6) is 0 Å². The van der Waals surface area contributed by atoms with Gasteiger partial charge >= 0.3 is 5.97 Å². The van der Waals surface area contributed by atoms with Gasteiger partial charge in [-0.05, 0) is 38.3 Å². The minimum absolute atomic E-state index is 0.00942. The Bertz CT molecular complexity index is 903. The normalized spacial score (nSPS) is 13.1. The van der Waals surface area contributed by atoms with Crippen LogP contribution in [0.4, 0.5) is 0 Å². The fourth-order valence-corrected chi connectivity index (χ4v) is 3.02. The van der Waals surface area contributed by atoms with Crippen LogP contribution in [0.25, 0.3) is 10.9 Å². The molecule has 0 bridgehead atoms. The predicted octanol–water partition coefficient (Wildman–Crippen LogP) is 1.81. The van der Waals surface area contributed by atoms with E-state index in [1.165, 1.54) is 0 Å². The fraction of sp³-hybridized carbons (Fsp3) is 0.429. The van der Waals surface area contributed by atoms with E-state index in [0.29, 0.717) is 6.21 Å². The number of ether oxygens (including phenoxy) is 1. The average Bonchev–Trinajstić information content (AvgIpc) is 3.08. The Morgan fingerprint density at radius 1 is 1.31 bits per heavy atom. The smallest absolute Gasteiger partial charge is 0.328 e. The van der Waals surface area contributed by atoms with Crippen LogP contribution < -0.4 is 5.32 Å². The summed E-state index contributed by atoms with van der Waals surface area (Å²) in [6, 6.07) is 4.70. The number of fused-ring (bicyclic) bond motifs is 1. The summed E-state index contributed by atoms with van der Waals surface area (Å²) >= 11 is 0. The summed E-state index contributed by atoms with van der Waals surface area (Å²) in [7, 11) is 0. The van der Waals surface area contributed by atoms with Crippen molar-refractivity contribution < 1.29 is 24.2 Å². The summed E-state index contributed by atoms with van der Waals surface area (Å²) in [6.45, 7) is 5.31. The van der Waals surface area contributed by atoms with Crippen LogP contribution in [-0.4, -0.2) is 52.2 Å². The van der Waals surface area contributed by atoms with Crippen molar-refractivity contribution >= 4 is 34.8 Å². The molecule has 8 nitrogen and oxygen atoms in total. The lowest BCUT2D eigenvalue weighted by molar-refractivity contribution is -0.152. The van der Waals surface area contributed by atoms with Crippen molar-refractivity contribution in [2.75, 3.05) is 0 Å². The number of carbonyl (C=O) groups is 3. The van der Waals surface area contributed by atoms with E-state index in [0.717, 1.165) is 22.0 Å². The van der Waals surface area contributed by atoms with Gasteiger partial charge in [0.05, 0.1) is 12.3 Å². The number of Topliss-reactive ketones (excluding diaryl/α,β-unsaturated/α-hetero) is 1. The van der Waals surface area contributed by atoms with Gasteiger partial charge in [0.15, 0.2) is 5.78 Å². The second kappa shape index (κ2) is 9.97. The maximum atomic E-state index is 12.5. The molecular formula is C21H27N3O5. The highest BCUT2D eigenvalue weighted by Gasteiger charge is 2.27. The number of aliphatic hydroxyl groups excluding tert-OH is 1. The first-order valence-electron chi connectivity index (χ1n) is 9.50. The molecule has 0 aliphatic rings. The Kier molecular flexibility index (Phi) is 7.67. The molecule has 2 atom stereocenters. The molecule has 0 unspecified atom stereocenters. The minimum atomic E-state index is -1.37. The molecule has 29 heavy (non-hydrogen) atoms. The van der Waals surface area contributed by atoms with Crippen LogP contribution >= 0.6 is 0 Å². The number of H-pyrrole nitrogens is 1. The van der Waals surface area contributed by atoms with Crippen molar-refractivity contribution in [2.45, 2.75) is 58.3 Å². The van der Waals surface area contributed by atoms with Gasteiger partial charge in [0, 0.05) is 29.9 Å². The van der Waals surface area contributed by atoms with Crippen LogP contribution in [0.2, 0.25) is 0 Å². The van der Waals surface area contributed by atoms with Crippen molar-refractivity contribution in [1.82, 2.24) is 10.3 Å². The number of benzene rings is 1. The number of rotatable bonds is 10. The lowest BCUT2D eigenvalue weighted by Crippen LogP contribution is -2.47. The fourth-order valence-electron chi connectivity index (χ4n) is 3.02. The Morgan fingerprint density at radius 3 is 2.69 bits per heavy atom. The highest BCUT2D eigenvalue weighted by atomic mass is 16.5. The zero-order valence-corrected chi connectivity index (χ0v) is 16.8. The molecule has 2 aromatic rings. The zero-order chi connectivity index (χ0) is 21.6. The molecular weight excluding hydrogens is 374 g/mol. The molecule has 8 heteroatoms. The van der Waals surface area contributed by atoms with Crippen molar-refractivity contribution in [3.8, 4) is 0 Å². The van der Waals surface area contributed by atoms with Crippen molar-refractivity contribution in [3.05, 3.63) is 35.5 Å². The van der Waals surface area contributed by atoms with Crippen LogP contribution in [0, 0.1) is 12.3 Å². The van der Waals surface area contributed by atoms with Gasteiger partial charge in [0.25, 0.3) is 0 Å². The number of hydrogen-bond acceptors (Lipinski definition) is 6. The number of aryl methyl sites for hydroxylation is 1. The summed E-state index contributed by atoms with van der Waals surface area (Å²) in [5.74, 6) is -1.86. The van der Waals surface area contributed by atoms with E-state index >= 15 is 0 Å². The van der Waals surface area contributed by atoms with Crippen LogP contribution in [0.3, 0.4) is 0 Å². The maximum Gasteiger partial charge on any atom is 0.328 e. The molecule has 0 saturated heterocycles. The molecule has 0 aliphatic carbocycles. The Morgan fingerprint density at radius 2 is 2.03 bits per heavy atom. The Hall–Kier alpha value is -3.00. The predicted molar refractivity (Wildman–Crippen MR) is 109 cm³/mol. The summed E-state index contributed by atoms with van der Waals surface area (Å²) < 4.78 is 5.13. The van der Waals surface area contributed by atoms with Gasteiger partial charge in [0.2, 0.25) is 5.91 Å². The number of amides is 1. The van der Waals surface area contributed by atoms with Gasteiger partial charge in [-0.15, -0.1) is 0 Å². The van der Waals surface area contributed by atoms with E-state index in [1.807, 2.05) is 25.1 Å². The molecule has 4 N–H and O–H groups in total. The van der Waals surface area contributed by atoms with Gasteiger partial charge in [-0.3, -0.25) is 9.59 Å². The van der Waals surface area contributed by atoms with Crippen LogP contribution in [0.15, 0.2) is 24.4 Å². The SMILES string of the molecule is Cc1cccc2c(C[C@H](O)C(=O)N[C@@H](CCC(=O)C=N)C(=O)OC(C)C)c[nH]c12. The molecule has 0 saturated carbocycles. The molecule has 0 aliphatic heterocycles. The van der Waals surface area contributed by atoms with E-state index in [4.69, 9.17) is 10.1 Å². The Balaban J connectivity index is 2.07. The second-order valence-electron chi connectivity index (χ2n) is 7.23. The lowest BCUT2D eigenvalue weighted by Gasteiger charge is -2.20. The van der Waals surface area contributed by atoms with Crippen LogP contribution in [0.1, 0.15) is 37.8 Å². The van der Waals surface area contributed by atoms with E-state index in [9.17, 15) is 19.5 Å². The molecule has 1 amide bonds. The van der Waals surface area contributed by atoms with Crippen molar-refractivity contribution in [2.24, 2.45) is 0 Å². The number of esters is 1. The lowest BCUT2D eigenvalue weighted by atomic mass is 10.0. The van der Waals surface area contributed by atoms with Gasteiger partial charge in [0.1, 0.15) is 12.1 Å². The first-order chi connectivity index (χ1) is 13.7. The molecule has 0 radical (unpaired) electrons. The van der Waals surface area contributed by atoms with E-state index < -0.39 is 29.8 Å². The number of aliphatic hydroxyl groups is 1. The number of aromatic amines is 1. The van der Waals surface area contributed by atoms with Crippen molar-refractivity contribution in [3.63, 3.8) is 0 Å². The standard InChI is InChI=1S/C21H27N3O5/c1-12(2)29-21(28)17(8-7-15(25)10-22)24-20(27)18(26)9-14-11-23-19-13(3)5-4-6-16(14)19/h4-6,10-12,17-18,22-23,26H,7-9H2,1-3H3,(H,24,27)/t17-,18-/m0/s1. The zero-order valence-electron chi connectivity index (χ0n) is 16.8. The topological polar surface area (TPSA) is 132 Å². The number of hydrogen-bond donors (Lipinski definition) is 4. The van der Waals surface area contributed by atoms with E-state index in [2.05, 4.69) is 10.3 Å². The number of ketones is 1. The van der Waals surface area contributed by atoms with Crippen molar-refractivity contribution in [1.29, 1.82) is 5.41 Å². The monoisotopic (exact) mass is 401 g/mol. The van der Waals surface area contributed by atoms with E-state index in [1.54, 1.807) is 20.0 Å². The number of para-hydroxylation sites is 1. The van der Waals surface area contributed by atoms with Gasteiger partial charge in [-0.1, -0.05) is 18.2 Å². The molecule has 1 heterocycles. The van der Waals surface area contributed by atoms with Crippen LogP contribution in [-0.2, 0) is 25.5 Å². The largest absolute Gasteiger partial charge is 0.461 e. The number of aromatic nitrogens is 1. The third-order valence-corrected chi connectivity index (χ3v) is 4.52. The minimum Gasteiger partial charge on any atom is -0.461 e. The summed E-state index contributed by atoms with van der Waals surface area (Å²) in [5, 5.41) is 20.7. The first-order valence-corrected chi connectivity index (χ1v) is 9.50. The third-order valence-electron chi connectivity index (χ3n) is 4.52. The summed E-state index contributed by atoms with van der Waals surface area (Å²) in [4.78, 5) is 39.3. The first kappa shape index (κ1) is 22.3. The van der Waals surface area contributed by atoms with Gasteiger partial charge in [-0.2, -0.15) is 0 Å². The molecule has 1 aromatic carbocycles. The summed E-state index contributed by atoms with van der Waals surface area (Å²) in [6.07, 6.45) is 0.633. The second-order valence-corrected chi connectivity index (χ2v) is 7.23. The maximum absolute atomic E-state index is 12.5. The highest BCUT2D eigenvalue weighted by Crippen LogP contribution is 2.22. The average molecular weight is 401 g/mol. The number of carbonyl (C=O) groups excluding carboxylic acids is 3. The molecule has 2 rings (SSSR count). The molecule has 1 aromatic heterocycles. The highest BCUT2D eigenvalue weighted by molar-refractivity contribution is 6.26. The summed E-state index contributed by atoms with van der Waals surface area (Å²) in [5.41, 5.74) is 2.78. The third kappa shape index (κ3) is 5.99. The molecule has 156 valence electrons. The van der Waals surface area contributed by atoms with Gasteiger partial charge in [-0.25, -0.2) is 4.79 Å².